The molecular formula is C28H47NO2. The van der Waals surface area contributed by atoms with Crippen LogP contribution in [0.4, 0.5) is 0 Å². The topological polar surface area (TPSA) is 50.1 Å². The highest BCUT2D eigenvalue weighted by Gasteiger charge is 2.45. The van der Waals surface area contributed by atoms with Crippen LogP contribution in [0.15, 0.2) is 11.6 Å². The van der Waals surface area contributed by atoms with Crippen molar-refractivity contribution in [3.05, 3.63) is 11.6 Å². The second kappa shape index (κ2) is 12.2. The smallest absolute Gasteiger partial charge is 0.158 e. The van der Waals surface area contributed by atoms with E-state index in [4.69, 9.17) is 4.74 Å². The fourth-order valence-corrected chi connectivity index (χ4v) is 5.34. The third-order valence-electron chi connectivity index (χ3n) is 7.93. The summed E-state index contributed by atoms with van der Waals surface area (Å²) >= 11 is 0. The molecule has 6 unspecified atom stereocenters. The average Bonchev–Trinajstić information content (AvgIpc) is 2.72. The van der Waals surface area contributed by atoms with Crippen molar-refractivity contribution in [1.82, 2.24) is 0 Å². The molecule has 6 atom stereocenters. The van der Waals surface area contributed by atoms with Gasteiger partial charge in [0.2, 0.25) is 0 Å². The molecule has 0 aromatic rings. The zero-order valence-electron chi connectivity index (χ0n) is 21.1. The molecule has 2 rings (SSSR count). The summed E-state index contributed by atoms with van der Waals surface area (Å²) in [6, 6.07) is 2.52. The summed E-state index contributed by atoms with van der Waals surface area (Å²) in [5, 5.41) is 9.95. The van der Waals surface area contributed by atoms with E-state index in [2.05, 4.69) is 40.7 Å². The van der Waals surface area contributed by atoms with Gasteiger partial charge >= 0.3 is 0 Å². The first-order valence-corrected chi connectivity index (χ1v) is 13.0. The lowest BCUT2D eigenvalue weighted by atomic mass is 9.74. The molecule has 1 aliphatic heterocycles. The molecule has 0 N–H and O–H groups in total. The van der Waals surface area contributed by atoms with Crippen LogP contribution in [-0.4, -0.2) is 17.5 Å². The number of allylic oxidation sites excluding steroid dienone is 1. The molecule has 1 heterocycles. The molecule has 3 nitrogen and oxygen atoms in total. The summed E-state index contributed by atoms with van der Waals surface area (Å²) in [7, 11) is 0. The predicted molar refractivity (Wildman–Crippen MR) is 129 cm³/mol. The summed E-state index contributed by atoms with van der Waals surface area (Å²) in [4.78, 5) is 12.1. The zero-order chi connectivity index (χ0) is 23.0. The Morgan fingerprint density at radius 3 is 2.19 bits per heavy atom. The third kappa shape index (κ3) is 7.74. The van der Waals surface area contributed by atoms with Crippen LogP contribution < -0.4 is 0 Å². The number of nitrogens with zero attached hydrogens (tertiary/aromatic N) is 1. The Balaban J connectivity index is 1.71. The fraction of sp³-hybridized carbons (Fsp3) is 0.857. The molecule has 0 radical (unpaired) electrons. The van der Waals surface area contributed by atoms with Gasteiger partial charge < -0.3 is 4.74 Å². The van der Waals surface area contributed by atoms with Crippen molar-refractivity contribution in [1.29, 1.82) is 5.26 Å². The van der Waals surface area contributed by atoms with E-state index in [1.807, 2.05) is 6.92 Å². The van der Waals surface area contributed by atoms with Gasteiger partial charge in [-0.05, 0) is 61.0 Å². The van der Waals surface area contributed by atoms with Crippen LogP contribution in [0, 0.1) is 40.9 Å². The normalized spacial score (nSPS) is 30.5. The molecule has 1 aliphatic carbocycles. The monoisotopic (exact) mass is 429 g/mol. The maximum Gasteiger partial charge on any atom is 0.158 e. The summed E-state index contributed by atoms with van der Waals surface area (Å²) in [6.45, 7) is 13.5. The lowest BCUT2D eigenvalue weighted by molar-refractivity contribution is -0.131. The number of fused-ring (bicyclic) bond motifs is 1. The Labute approximate surface area is 192 Å². The highest BCUT2D eigenvalue weighted by molar-refractivity contribution is 5.93. The lowest BCUT2D eigenvalue weighted by Crippen LogP contribution is -2.47. The lowest BCUT2D eigenvalue weighted by Gasteiger charge is -2.43. The predicted octanol–water partition coefficient (Wildman–Crippen LogP) is 7.65. The first kappa shape index (κ1) is 26.1. The number of ketones is 1. The maximum absolute atomic E-state index is 12.1. The van der Waals surface area contributed by atoms with Crippen LogP contribution in [0.5, 0.6) is 0 Å². The van der Waals surface area contributed by atoms with Gasteiger partial charge in [-0.3, -0.25) is 4.79 Å². The Morgan fingerprint density at radius 1 is 1.03 bits per heavy atom. The van der Waals surface area contributed by atoms with Gasteiger partial charge in [0.1, 0.15) is 0 Å². The average molecular weight is 430 g/mol. The maximum atomic E-state index is 12.1. The molecule has 176 valence electrons. The van der Waals surface area contributed by atoms with E-state index < -0.39 is 5.60 Å². The Morgan fingerprint density at radius 2 is 1.61 bits per heavy atom. The van der Waals surface area contributed by atoms with Gasteiger partial charge in [-0.1, -0.05) is 86.5 Å². The van der Waals surface area contributed by atoms with E-state index in [1.54, 1.807) is 6.08 Å². The minimum atomic E-state index is -0.666. The molecule has 1 saturated heterocycles. The van der Waals surface area contributed by atoms with E-state index in [1.165, 1.54) is 44.9 Å². The van der Waals surface area contributed by atoms with E-state index in [9.17, 15) is 10.1 Å². The van der Waals surface area contributed by atoms with Crippen LogP contribution in [0.2, 0.25) is 0 Å². The molecule has 0 aromatic carbocycles. The number of rotatable bonds is 12. The molecule has 0 amide bonds. The Kier molecular flexibility index (Phi) is 10.3. The second-order valence-electron chi connectivity index (χ2n) is 11.3. The van der Waals surface area contributed by atoms with Crippen LogP contribution in [0.25, 0.3) is 0 Å². The quantitative estimate of drug-likeness (QED) is 0.320. The first-order valence-electron chi connectivity index (χ1n) is 13.0. The molecule has 31 heavy (non-hydrogen) atoms. The van der Waals surface area contributed by atoms with Crippen molar-refractivity contribution in [3.63, 3.8) is 0 Å². The van der Waals surface area contributed by atoms with Gasteiger partial charge in [0.15, 0.2) is 11.4 Å². The van der Waals surface area contributed by atoms with Gasteiger partial charge in [-0.15, -0.1) is 0 Å². The van der Waals surface area contributed by atoms with Crippen molar-refractivity contribution in [2.24, 2.45) is 29.6 Å². The van der Waals surface area contributed by atoms with Crippen LogP contribution in [0.3, 0.4) is 0 Å². The number of nitriles is 1. The number of hydrogen-bond acceptors (Lipinski definition) is 3. The van der Waals surface area contributed by atoms with Gasteiger partial charge in [0, 0.05) is 5.92 Å². The summed E-state index contributed by atoms with van der Waals surface area (Å²) in [5.41, 5.74) is 0.443. The molecule has 3 heteroatoms. The Bertz CT molecular complexity index is 646. The number of hydrogen-bond donors (Lipinski definition) is 0. The first-order chi connectivity index (χ1) is 14.7. The molecular weight excluding hydrogens is 382 g/mol. The van der Waals surface area contributed by atoms with Crippen LogP contribution in [0.1, 0.15) is 112 Å². The number of ether oxygens (including phenoxy) is 1. The number of carbonyl (C=O) groups excluding carboxylic acids is 1. The number of carbonyl (C=O) groups is 1. The van der Waals surface area contributed by atoms with E-state index >= 15 is 0 Å². The van der Waals surface area contributed by atoms with Crippen molar-refractivity contribution in [2.75, 3.05) is 0 Å². The summed E-state index contributed by atoms with van der Waals surface area (Å²) < 4.78 is 6.43. The largest absolute Gasteiger partial charge is 0.352 e. The van der Waals surface area contributed by atoms with Gasteiger partial charge in [-0.2, -0.15) is 5.26 Å². The minimum absolute atomic E-state index is 0.0176. The zero-order valence-corrected chi connectivity index (χ0v) is 21.1. The molecule has 0 saturated carbocycles. The van der Waals surface area contributed by atoms with Crippen LogP contribution >= 0.6 is 0 Å². The van der Waals surface area contributed by atoms with E-state index in [0.29, 0.717) is 5.92 Å². The SMILES string of the molecule is CC(C)CCCC(C)CCCC(C)CCCC1(C#N)CCC2=CC(=O)C(C)C(C)C2O1. The van der Waals surface area contributed by atoms with Gasteiger partial charge in [0.25, 0.3) is 0 Å². The van der Waals surface area contributed by atoms with Gasteiger partial charge in [0.05, 0.1) is 12.2 Å². The third-order valence-corrected chi connectivity index (χ3v) is 7.93. The van der Waals surface area contributed by atoms with Crippen molar-refractivity contribution in [2.45, 2.75) is 124 Å². The molecule has 0 spiro atoms. The van der Waals surface area contributed by atoms with Crippen LogP contribution in [-0.2, 0) is 9.53 Å². The molecule has 1 fully saturated rings. The Hall–Kier alpha value is -1.14. The highest BCUT2D eigenvalue weighted by Crippen LogP contribution is 2.42. The van der Waals surface area contributed by atoms with E-state index in [-0.39, 0.29) is 23.7 Å². The summed E-state index contributed by atoms with van der Waals surface area (Å²) in [6.07, 6.45) is 14.4. The summed E-state index contributed by atoms with van der Waals surface area (Å²) in [5.74, 6) is 2.74. The van der Waals surface area contributed by atoms with Crippen molar-refractivity contribution < 1.29 is 9.53 Å². The fourth-order valence-electron chi connectivity index (χ4n) is 5.34. The second-order valence-corrected chi connectivity index (χ2v) is 11.3. The van der Waals surface area contributed by atoms with Crippen molar-refractivity contribution >= 4 is 5.78 Å². The highest BCUT2D eigenvalue weighted by atomic mass is 16.5. The molecule has 0 bridgehead atoms. The van der Waals surface area contributed by atoms with E-state index in [0.717, 1.165) is 43.1 Å². The molecule has 0 aromatic heterocycles. The molecule has 2 aliphatic rings. The van der Waals surface area contributed by atoms with Crippen molar-refractivity contribution in [3.8, 4) is 6.07 Å². The minimum Gasteiger partial charge on any atom is -0.352 e. The standard InChI is InChI=1S/C28H47NO2/c1-20(2)10-7-11-21(3)12-8-13-22(4)14-9-16-28(19-29)17-15-25-18-26(30)23(5)24(6)27(25)31-28/h18,20-24,27H,7-17H2,1-6H3. The van der Waals surface area contributed by atoms with Gasteiger partial charge in [-0.25, -0.2) is 0 Å².